The second-order valence-electron chi connectivity index (χ2n) is 3.09. The molecule has 2 N–H and O–H groups in total. The maximum absolute atomic E-state index is 5.55. The normalized spacial score (nSPS) is 9.93. The number of anilines is 1. The van der Waals surface area contributed by atoms with Gasteiger partial charge in [0.15, 0.2) is 0 Å². The van der Waals surface area contributed by atoms with Crippen LogP contribution in [0.3, 0.4) is 0 Å². The van der Waals surface area contributed by atoms with Crippen LogP contribution < -0.4 is 10.5 Å². The zero-order valence-corrected chi connectivity index (χ0v) is 8.34. The molecule has 1 aromatic carbocycles. The van der Waals surface area contributed by atoms with E-state index in [4.69, 9.17) is 10.5 Å². The third-order valence-corrected chi connectivity index (χ3v) is 1.93. The lowest BCUT2D eigenvalue weighted by Crippen LogP contribution is -1.98. The summed E-state index contributed by atoms with van der Waals surface area (Å²) in [5.74, 6) is 1.61. The van der Waals surface area contributed by atoms with Crippen molar-refractivity contribution >= 4 is 5.82 Å². The molecular weight excluding hydrogens is 190 g/mol. The number of nitrogen functional groups attached to an aromatic ring is 1. The SMILES string of the molecule is Cc1nc(Oc2ccccc2)cnc1N. The average Bonchev–Trinajstić information content (AvgIpc) is 2.25. The van der Waals surface area contributed by atoms with Crippen LogP contribution in [-0.2, 0) is 0 Å². The summed E-state index contributed by atoms with van der Waals surface area (Å²) in [6, 6.07) is 9.42. The number of benzene rings is 1. The fraction of sp³-hybridized carbons (Fsp3) is 0.0909. The van der Waals surface area contributed by atoms with Gasteiger partial charge < -0.3 is 10.5 Å². The van der Waals surface area contributed by atoms with Gasteiger partial charge in [0.05, 0.1) is 11.9 Å². The summed E-state index contributed by atoms with van der Waals surface area (Å²) in [4.78, 5) is 8.12. The molecule has 0 aliphatic carbocycles. The van der Waals surface area contributed by atoms with Crippen LogP contribution in [0.15, 0.2) is 36.5 Å². The van der Waals surface area contributed by atoms with E-state index in [0.29, 0.717) is 17.4 Å². The first-order valence-corrected chi connectivity index (χ1v) is 4.58. The zero-order valence-electron chi connectivity index (χ0n) is 8.34. The molecule has 1 heterocycles. The summed E-state index contributed by atoms with van der Waals surface area (Å²) in [5.41, 5.74) is 6.22. The van der Waals surface area contributed by atoms with Crippen molar-refractivity contribution in [3.63, 3.8) is 0 Å². The second kappa shape index (κ2) is 3.96. The highest BCUT2D eigenvalue weighted by Gasteiger charge is 2.01. The summed E-state index contributed by atoms with van der Waals surface area (Å²) in [6.07, 6.45) is 1.51. The third kappa shape index (κ3) is 2.22. The van der Waals surface area contributed by atoms with Crippen LogP contribution in [0.4, 0.5) is 5.82 Å². The summed E-state index contributed by atoms with van der Waals surface area (Å²) >= 11 is 0. The molecule has 1 aromatic heterocycles. The molecule has 4 nitrogen and oxygen atoms in total. The molecule has 2 aromatic rings. The Morgan fingerprint density at radius 3 is 2.60 bits per heavy atom. The van der Waals surface area contributed by atoms with Crippen molar-refractivity contribution in [3.8, 4) is 11.6 Å². The van der Waals surface area contributed by atoms with Crippen LogP contribution in [-0.4, -0.2) is 9.97 Å². The molecule has 4 heteroatoms. The van der Waals surface area contributed by atoms with Crippen LogP contribution in [0.2, 0.25) is 0 Å². The molecule has 0 aliphatic heterocycles. The molecule has 0 spiro atoms. The topological polar surface area (TPSA) is 61.0 Å². The number of aromatic nitrogens is 2. The highest BCUT2D eigenvalue weighted by atomic mass is 16.5. The molecule has 0 atom stereocenters. The summed E-state index contributed by atoms with van der Waals surface area (Å²) in [6.45, 7) is 1.79. The average molecular weight is 201 g/mol. The molecule has 0 bridgehead atoms. The predicted molar refractivity (Wildman–Crippen MR) is 57.7 cm³/mol. The number of hydrogen-bond donors (Lipinski definition) is 1. The number of para-hydroxylation sites is 1. The Bertz CT molecular complexity index is 457. The largest absolute Gasteiger partial charge is 0.437 e. The zero-order chi connectivity index (χ0) is 10.7. The van der Waals surface area contributed by atoms with Crippen molar-refractivity contribution in [1.29, 1.82) is 0 Å². The van der Waals surface area contributed by atoms with Gasteiger partial charge in [0.2, 0.25) is 5.88 Å². The Labute approximate surface area is 87.7 Å². The van der Waals surface area contributed by atoms with Gasteiger partial charge in [-0.3, -0.25) is 0 Å². The minimum absolute atomic E-state index is 0.426. The minimum Gasteiger partial charge on any atom is -0.437 e. The van der Waals surface area contributed by atoms with E-state index >= 15 is 0 Å². The quantitative estimate of drug-likeness (QED) is 0.808. The van der Waals surface area contributed by atoms with Crippen molar-refractivity contribution in [2.24, 2.45) is 0 Å². The first kappa shape index (κ1) is 9.45. The lowest BCUT2D eigenvalue weighted by atomic mass is 10.3. The van der Waals surface area contributed by atoms with E-state index in [9.17, 15) is 0 Å². The van der Waals surface area contributed by atoms with Gasteiger partial charge in [-0.05, 0) is 19.1 Å². The Hall–Kier alpha value is -2.10. The molecule has 76 valence electrons. The molecule has 0 fully saturated rings. The van der Waals surface area contributed by atoms with E-state index in [1.165, 1.54) is 6.20 Å². The molecule has 0 saturated carbocycles. The fourth-order valence-electron chi connectivity index (χ4n) is 1.13. The standard InChI is InChI=1S/C11H11N3O/c1-8-11(12)13-7-10(14-8)15-9-5-3-2-4-6-9/h2-7H,1H3,(H2,12,13). The molecule has 0 saturated heterocycles. The number of nitrogens with two attached hydrogens (primary N) is 1. The molecule has 0 unspecified atom stereocenters. The van der Waals surface area contributed by atoms with Gasteiger partial charge in [-0.25, -0.2) is 9.97 Å². The van der Waals surface area contributed by atoms with Crippen molar-refractivity contribution in [3.05, 3.63) is 42.2 Å². The number of hydrogen-bond acceptors (Lipinski definition) is 4. The lowest BCUT2D eigenvalue weighted by Gasteiger charge is -2.05. The molecule has 15 heavy (non-hydrogen) atoms. The number of nitrogens with zero attached hydrogens (tertiary/aromatic N) is 2. The van der Waals surface area contributed by atoms with Gasteiger partial charge >= 0.3 is 0 Å². The first-order chi connectivity index (χ1) is 7.25. The minimum atomic E-state index is 0.426. The van der Waals surface area contributed by atoms with Crippen LogP contribution in [0.5, 0.6) is 11.6 Å². The summed E-state index contributed by atoms with van der Waals surface area (Å²) < 4.78 is 5.48. The molecule has 0 aliphatic rings. The number of rotatable bonds is 2. The van der Waals surface area contributed by atoms with Gasteiger partial charge in [0, 0.05) is 0 Å². The molecular formula is C11H11N3O. The second-order valence-corrected chi connectivity index (χ2v) is 3.09. The van der Waals surface area contributed by atoms with Crippen LogP contribution in [0.1, 0.15) is 5.69 Å². The fourth-order valence-corrected chi connectivity index (χ4v) is 1.13. The first-order valence-electron chi connectivity index (χ1n) is 4.58. The molecule has 2 rings (SSSR count). The van der Waals surface area contributed by atoms with Gasteiger partial charge in [0.25, 0.3) is 0 Å². The molecule has 0 amide bonds. The Morgan fingerprint density at radius 2 is 1.93 bits per heavy atom. The predicted octanol–water partition coefficient (Wildman–Crippen LogP) is 2.16. The van der Waals surface area contributed by atoms with Crippen LogP contribution in [0.25, 0.3) is 0 Å². The summed E-state index contributed by atoms with van der Waals surface area (Å²) in [5, 5.41) is 0. The van der Waals surface area contributed by atoms with E-state index in [1.54, 1.807) is 6.92 Å². The van der Waals surface area contributed by atoms with Gasteiger partial charge in [0.1, 0.15) is 11.6 Å². The van der Waals surface area contributed by atoms with E-state index in [-0.39, 0.29) is 0 Å². The van der Waals surface area contributed by atoms with E-state index in [2.05, 4.69) is 9.97 Å². The number of ether oxygens (including phenoxy) is 1. The third-order valence-electron chi connectivity index (χ3n) is 1.93. The summed E-state index contributed by atoms with van der Waals surface area (Å²) in [7, 11) is 0. The van der Waals surface area contributed by atoms with Gasteiger partial charge in [-0.1, -0.05) is 18.2 Å². The highest BCUT2D eigenvalue weighted by Crippen LogP contribution is 2.18. The Balaban J connectivity index is 2.22. The van der Waals surface area contributed by atoms with Crippen molar-refractivity contribution in [1.82, 2.24) is 9.97 Å². The maximum atomic E-state index is 5.55. The lowest BCUT2D eigenvalue weighted by molar-refractivity contribution is 0.459. The van der Waals surface area contributed by atoms with Gasteiger partial charge in [-0.15, -0.1) is 0 Å². The Morgan fingerprint density at radius 1 is 1.20 bits per heavy atom. The Kier molecular flexibility index (Phi) is 2.49. The van der Waals surface area contributed by atoms with Crippen LogP contribution >= 0.6 is 0 Å². The van der Waals surface area contributed by atoms with Crippen LogP contribution in [0, 0.1) is 6.92 Å². The van der Waals surface area contributed by atoms with E-state index < -0.39 is 0 Å². The van der Waals surface area contributed by atoms with Crippen molar-refractivity contribution in [2.75, 3.05) is 5.73 Å². The molecule has 0 radical (unpaired) electrons. The van der Waals surface area contributed by atoms with Crippen molar-refractivity contribution in [2.45, 2.75) is 6.92 Å². The number of aryl methyl sites for hydroxylation is 1. The van der Waals surface area contributed by atoms with E-state index in [1.807, 2.05) is 30.3 Å². The van der Waals surface area contributed by atoms with Crippen molar-refractivity contribution < 1.29 is 4.74 Å². The monoisotopic (exact) mass is 201 g/mol. The van der Waals surface area contributed by atoms with Gasteiger partial charge in [-0.2, -0.15) is 0 Å². The smallest absolute Gasteiger partial charge is 0.238 e. The van der Waals surface area contributed by atoms with E-state index in [0.717, 1.165) is 5.75 Å². The highest BCUT2D eigenvalue weighted by molar-refractivity contribution is 5.35. The maximum Gasteiger partial charge on any atom is 0.238 e.